The van der Waals surface area contributed by atoms with Gasteiger partial charge in [0.2, 0.25) is 15.9 Å². The molecule has 0 aliphatic carbocycles. The Balaban J connectivity index is 1.39. The first kappa shape index (κ1) is 20.6. The van der Waals surface area contributed by atoms with Gasteiger partial charge in [-0.3, -0.25) is 4.79 Å². The molecule has 1 aliphatic heterocycles. The van der Waals surface area contributed by atoms with E-state index in [0.29, 0.717) is 11.1 Å². The number of hydrogen-bond donors (Lipinski definition) is 0. The number of thiazole rings is 1. The second-order valence-corrected chi connectivity index (χ2v) is 9.66. The molecule has 0 radical (unpaired) electrons. The third kappa shape index (κ3) is 4.11. The van der Waals surface area contributed by atoms with Gasteiger partial charge in [0, 0.05) is 32.3 Å². The van der Waals surface area contributed by atoms with Crippen LogP contribution >= 0.6 is 11.3 Å². The highest BCUT2D eigenvalue weighted by molar-refractivity contribution is 7.89. The van der Waals surface area contributed by atoms with Crippen LogP contribution in [0.15, 0.2) is 53.4 Å². The maximum Gasteiger partial charge on any atom is 0.246 e. The molecule has 1 saturated heterocycles. The lowest BCUT2D eigenvalue weighted by atomic mass is 10.3. The molecule has 1 aromatic heterocycles. The van der Waals surface area contributed by atoms with Gasteiger partial charge in [0.1, 0.15) is 5.01 Å². The fourth-order valence-electron chi connectivity index (χ4n) is 3.14. The van der Waals surface area contributed by atoms with Crippen molar-refractivity contribution in [3.63, 3.8) is 0 Å². The van der Waals surface area contributed by atoms with Gasteiger partial charge in [0.05, 0.1) is 15.1 Å². The van der Waals surface area contributed by atoms with E-state index in [1.54, 1.807) is 11.0 Å². The minimum Gasteiger partial charge on any atom is -0.337 e. The highest BCUT2D eigenvalue weighted by atomic mass is 32.2. The molecule has 0 bridgehead atoms. The van der Waals surface area contributed by atoms with Gasteiger partial charge >= 0.3 is 0 Å². The molecule has 2 heterocycles. The summed E-state index contributed by atoms with van der Waals surface area (Å²) in [6, 6.07) is 10.2. The van der Waals surface area contributed by atoms with Gasteiger partial charge in [-0.1, -0.05) is 12.1 Å². The average Bonchev–Trinajstić information content (AvgIpc) is 3.17. The molecule has 2 aromatic carbocycles. The lowest BCUT2D eigenvalue weighted by Gasteiger charge is -2.33. The largest absolute Gasteiger partial charge is 0.337 e. The summed E-state index contributed by atoms with van der Waals surface area (Å²) in [6.45, 7) is 0.544. The van der Waals surface area contributed by atoms with Crippen LogP contribution in [0.3, 0.4) is 0 Å². The van der Waals surface area contributed by atoms with E-state index in [1.807, 2.05) is 24.3 Å². The Kier molecular flexibility index (Phi) is 5.63. The molecule has 0 spiro atoms. The minimum atomic E-state index is -3.96. The van der Waals surface area contributed by atoms with Crippen molar-refractivity contribution in [2.24, 2.45) is 0 Å². The van der Waals surface area contributed by atoms with Gasteiger partial charge in [-0.2, -0.15) is 4.31 Å². The van der Waals surface area contributed by atoms with Crippen LogP contribution in [0.25, 0.3) is 16.3 Å². The van der Waals surface area contributed by atoms with E-state index in [1.165, 1.54) is 21.7 Å². The van der Waals surface area contributed by atoms with Crippen LogP contribution in [0.1, 0.15) is 5.01 Å². The van der Waals surface area contributed by atoms with Crippen LogP contribution in [0, 0.1) is 11.6 Å². The van der Waals surface area contributed by atoms with Crippen LogP contribution in [0.2, 0.25) is 0 Å². The molecule has 30 heavy (non-hydrogen) atoms. The van der Waals surface area contributed by atoms with Crippen LogP contribution in [-0.4, -0.2) is 54.7 Å². The number of nitrogens with zero attached hydrogens (tertiary/aromatic N) is 3. The minimum absolute atomic E-state index is 0.0715. The zero-order valence-corrected chi connectivity index (χ0v) is 17.3. The summed E-state index contributed by atoms with van der Waals surface area (Å²) in [7, 11) is -3.96. The first-order chi connectivity index (χ1) is 14.3. The van der Waals surface area contributed by atoms with Gasteiger partial charge in [-0.25, -0.2) is 22.2 Å². The summed E-state index contributed by atoms with van der Waals surface area (Å²) in [4.78, 5) is 18.1. The third-order valence-corrected chi connectivity index (χ3v) is 7.65. The number of para-hydroxylation sites is 1. The second kappa shape index (κ2) is 8.21. The van der Waals surface area contributed by atoms with Crippen LogP contribution in [0.4, 0.5) is 8.78 Å². The highest BCUT2D eigenvalue weighted by Gasteiger charge is 2.30. The van der Waals surface area contributed by atoms with E-state index in [-0.39, 0.29) is 37.0 Å². The van der Waals surface area contributed by atoms with Crippen molar-refractivity contribution in [3.05, 3.63) is 65.2 Å². The molecule has 1 amide bonds. The van der Waals surface area contributed by atoms with Crippen LogP contribution in [-0.2, 0) is 14.8 Å². The van der Waals surface area contributed by atoms with Gasteiger partial charge < -0.3 is 4.90 Å². The maximum absolute atomic E-state index is 13.4. The first-order valence-corrected chi connectivity index (χ1v) is 11.4. The van der Waals surface area contributed by atoms with E-state index < -0.39 is 21.7 Å². The van der Waals surface area contributed by atoms with Crippen molar-refractivity contribution >= 4 is 43.6 Å². The molecular weight excluding hydrogens is 432 g/mol. The van der Waals surface area contributed by atoms with E-state index in [0.717, 1.165) is 22.3 Å². The van der Waals surface area contributed by atoms with Crippen molar-refractivity contribution in [1.29, 1.82) is 0 Å². The summed E-state index contributed by atoms with van der Waals surface area (Å²) in [6.07, 6.45) is 3.08. The summed E-state index contributed by atoms with van der Waals surface area (Å²) in [5.74, 6) is -2.56. The van der Waals surface area contributed by atoms with Crippen molar-refractivity contribution in [1.82, 2.24) is 14.2 Å². The topological polar surface area (TPSA) is 70.6 Å². The number of hydrogen-bond acceptors (Lipinski definition) is 5. The number of aromatic nitrogens is 1. The molecule has 0 N–H and O–H groups in total. The van der Waals surface area contributed by atoms with Crippen LogP contribution in [0.5, 0.6) is 0 Å². The number of halogens is 2. The van der Waals surface area contributed by atoms with E-state index in [9.17, 15) is 22.0 Å². The molecule has 0 saturated carbocycles. The zero-order chi connectivity index (χ0) is 21.3. The normalized spacial score (nSPS) is 15.9. The average molecular weight is 450 g/mol. The quantitative estimate of drug-likeness (QED) is 0.574. The summed E-state index contributed by atoms with van der Waals surface area (Å²) in [5, 5.41) is 0.712. The molecule has 0 unspecified atom stereocenters. The molecule has 10 heteroatoms. The number of carbonyl (C=O) groups excluding carboxylic acids is 1. The Bertz CT molecular complexity index is 1200. The predicted molar refractivity (Wildman–Crippen MR) is 110 cm³/mol. The van der Waals surface area contributed by atoms with E-state index in [4.69, 9.17) is 0 Å². The standard InChI is InChI=1S/C20H17F2N3O3S2/c21-15-6-5-14(13-16(15)22)30(27,28)25-11-9-24(10-12-25)20(26)8-7-19-23-17-3-1-2-4-18(17)29-19/h1-8,13H,9-12H2. The fourth-order valence-corrected chi connectivity index (χ4v) is 5.45. The molecule has 4 rings (SSSR count). The van der Waals surface area contributed by atoms with Crippen molar-refractivity contribution in [2.75, 3.05) is 26.2 Å². The number of carbonyl (C=O) groups is 1. The molecule has 156 valence electrons. The van der Waals surface area contributed by atoms with Gasteiger partial charge in [0.15, 0.2) is 11.6 Å². The van der Waals surface area contributed by atoms with Gasteiger partial charge in [-0.15, -0.1) is 11.3 Å². The van der Waals surface area contributed by atoms with Gasteiger partial charge in [-0.05, 0) is 36.4 Å². The SMILES string of the molecule is O=C(C=Cc1nc2ccccc2s1)N1CCN(S(=O)(=O)c2ccc(F)c(F)c2)CC1. The van der Waals surface area contributed by atoms with Crippen LogP contribution < -0.4 is 0 Å². The molecule has 1 aliphatic rings. The Morgan fingerprint density at radius 2 is 1.77 bits per heavy atom. The van der Waals surface area contributed by atoms with E-state index in [2.05, 4.69) is 4.98 Å². The second-order valence-electron chi connectivity index (χ2n) is 6.66. The fraction of sp³-hybridized carbons (Fsp3) is 0.200. The Labute approximate surface area is 176 Å². The summed E-state index contributed by atoms with van der Waals surface area (Å²) < 4.78 is 54.0. The van der Waals surface area contributed by atoms with Crippen molar-refractivity contribution < 1.29 is 22.0 Å². The number of amides is 1. The molecule has 6 nitrogen and oxygen atoms in total. The number of piperazine rings is 1. The summed E-state index contributed by atoms with van der Waals surface area (Å²) >= 11 is 1.48. The highest BCUT2D eigenvalue weighted by Crippen LogP contribution is 2.23. The molecule has 1 fully saturated rings. The van der Waals surface area contributed by atoms with Gasteiger partial charge in [0.25, 0.3) is 0 Å². The lowest BCUT2D eigenvalue weighted by molar-refractivity contribution is -0.127. The lowest BCUT2D eigenvalue weighted by Crippen LogP contribution is -2.50. The maximum atomic E-state index is 13.4. The number of fused-ring (bicyclic) bond motifs is 1. The number of rotatable bonds is 4. The Morgan fingerprint density at radius 1 is 1.03 bits per heavy atom. The monoisotopic (exact) mass is 449 g/mol. The number of sulfonamides is 1. The first-order valence-electron chi connectivity index (χ1n) is 9.12. The Hall–Kier alpha value is -2.69. The van der Waals surface area contributed by atoms with Crippen molar-refractivity contribution in [3.8, 4) is 0 Å². The number of benzene rings is 2. The molecule has 3 aromatic rings. The Morgan fingerprint density at radius 3 is 2.47 bits per heavy atom. The summed E-state index contributed by atoms with van der Waals surface area (Å²) in [5.41, 5.74) is 0.866. The van der Waals surface area contributed by atoms with E-state index >= 15 is 0 Å². The smallest absolute Gasteiger partial charge is 0.246 e. The van der Waals surface area contributed by atoms with Crippen molar-refractivity contribution in [2.45, 2.75) is 4.90 Å². The molecule has 0 atom stereocenters. The predicted octanol–water partition coefficient (Wildman–Crippen LogP) is 3.12. The molecular formula is C20H17F2N3O3S2. The zero-order valence-electron chi connectivity index (χ0n) is 15.7. The third-order valence-electron chi connectivity index (χ3n) is 4.76.